The monoisotopic (exact) mass is 248 g/mol. The fourth-order valence-electron chi connectivity index (χ4n) is 2.99. The van der Waals surface area contributed by atoms with E-state index < -0.39 is 0 Å². The number of fused-ring (bicyclic) bond motifs is 1. The topological polar surface area (TPSA) is 64.2 Å². The summed E-state index contributed by atoms with van der Waals surface area (Å²) in [5.41, 5.74) is 5.89. The van der Waals surface area contributed by atoms with Crippen LogP contribution in [-0.2, 0) is 17.9 Å². The minimum absolute atomic E-state index is 0.186. The Morgan fingerprint density at radius 2 is 2.06 bits per heavy atom. The third-order valence-corrected chi connectivity index (χ3v) is 4.18. The summed E-state index contributed by atoms with van der Waals surface area (Å²) in [4.78, 5) is 18.7. The first-order valence-electron chi connectivity index (χ1n) is 6.78. The number of nitrogens with two attached hydrogens (primary N) is 1. The molecule has 1 aliphatic carbocycles. The number of rotatable bonds is 1. The summed E-state index contributed by atoms with van der Waals surface area (Å²) in [7, 11) is 0. The highest BCUT2D eigenvalue weighted by atomic mass is 16.2. The lowest BCUT2D eigenvalue weighted by atomic mass is 9.85. The Hall–Kier alpha value is -1.36. The van der Waals surface area contributed by atoms with Crippen LogP contribution in [0, 0.1) is 5.92 Å². The van der Waals surface area contributed by atoms with Crippen molar-refractivity contribution in [2.75, 3.05) is 6.54 Å². The van der Waals surface area contributed by atoms with E-state index in [1.165, 1.54) is 0 Å². The molecule has 1 saturated carbocycles. The molecule has 98 valence electrons. The molecule has 5 heteroatoms. The fraction of sp³-hybridized carbons (Fsp3) is 0.692. The molecule has 1 aliphatic heterocycles. The second-order valence-electron chi connectivity index (χ2n) is 5.41. The summed E-state index contributed by atoms with van der Waals surface area (Å²) in [5, 5.41) is 0. The predicted octanol–water partition coefficient (Wildman–Crippen LogP) is 0.743. The Kier molecular flexibility index (Phi) is 3.07. The lowest BCUT2D eigenvalue weighted by Crippen LogP contribution is -2.43. The molecule has 1 fully saturated rings. The molecule has 0 spiro atoms. The van der Waals surface area contributed by atoms with Crippen LogP contribution in [-0.4, -0.2) is 32.9 Å². The molecule has 5 nitrogen and oxygen atoms in total. The van der Waals surface area contributed by atoms with Crippen LogP contribution < -0.4 is 5.73 Å². The number of nitrogens with zero attached hydrogens (tertiary/aromatic N) is 3. The number of amides is 1. The zero-order chi connectivity index (χ0) is 12.5. The average molecular weight is 248 g/mol. The van der Waals surface area contributed by atoms with E-state index in [0.29, 0.717) is 18.5 Å². The zero-order valence-corrected chi connectivity index (χ0v) is 10.6. The Morgan fingerprint density at radius 1 is 1.28 bits per heavy atom. The van der Waals surface area contributed by atoms with Gasteiger partial charge in [0.15, 0.2) is 0 Å². The van der Waals surface area contributed by atoms with Gasteiger partial charge in [0.25, 0.3) is 0 Å². The van der Waals surface area contributed by atoms with Crippen LogP contribution in [0.15, 0.2) is 12.4 Å². The van der Waals surface area contributed by atoms with Crippen molar-refractivity contribution in [2.45, 2.75) is 44.8 Å². The highest BCUT2D eigenvalue weighted by Gasteiger charge is 2.30. The number of hydrogen-bond acceptors (Lipinski definition) is 3. The third kappa shape index (κ3) is 2.14. The number of aromatic nitrogens is 2. The van der Waals surface area contributed by atoms with Crippen molar-refractivity contribution in [3.63, 3.8) is 0 Å². The summed E-state index contributed by atoms with van der Waals surface area (Å²) in [6.45, 7) is 2.34. The van der Waals surface area contributed by atoms with Crippen LogP contribution in [0.5, 0.6) is 0 Å². The predicted molar refractivity (Wildman–Crippen MR) is 67.6 cm³/mol. The molecule has 1 aromatic rings. The van der Waals surface area contributed by atoms with Gasteiger partial charge in [-0.2, -0.15) is 0 Å². The van der Waals surface area contributed by atoms with Gasteiger partial charge in [-0.3, -0.25) is 4.79 Å². The van der Waals surface area contributed by atoms with Crippen molar-refractivity contribution in [3.05, 3.63) is 18.2 Å². The Balaban J connectivity index is 1.64. The van der Waals surface area contributed by atoms with E-state index in [9.17, 15) is 4.79 Å². The van der Waals surface area contributed by atoms with E-state index in [0.717, 1.165) is 44.6 Å². The van der Waals surface area contributed by atoms with E-state index >= 15 is 0 Å². The first-order chi connectivity index (χ1) is 8.74. The van der Waals surface area contributed by atoms with Gasteiger partial charge >= 0.3 is 0 Å². The van der Waals surface area contributed by atoms with Crippen LogP contribution in [0.2, 0.25) is 0 Å². The standard InChI is InChI=1S/C13H20N4O/c14-11-3-1-10(2-4-11)13(18)17-8-7-16-6-5-15-12(16)9-17/h5-6,10-11H,1-4,7-9,14H2. The number of carbonyl (C=O) groups is 1. The van der Waals surface area contributed by atoms with E-state index in [4.69, 9.17) is 5.73 Å². The Bertz CT molecular complexity index is 434. The summed E-state index contributed by atoms with van der Waals surface area (Å²) in [6, 6.07) is 0.300. The third-order valence-electron chi connectivity index (χ3n) is 4.18. The quantitative estimate of drug-likeness (QED) is 0.797. The molecule has 3 rings (SSSR count). The molecule has 2 N–H and O–H groups in total. The SMILES string of the molecule is NC1CCC(C(=O)N2CCn3ccnc3C2)CC1. The first-order valence-corrected chi connectivity index (χ1v) is 6.78. The number of imidazole rings is 1. The van der Waals surface area contributed by atoms with Crippen molar-refractivity contribution in [2.24, 2.45) is 11.7 Å². The first kappa shape index (κ1) is 11.7. The molecule has 0 unspecified atom stereocenters. The van der Waals surface area contributed by atoms with Gasteiger partial charge in [0.05, 0.1) is 6.54 Å². The molecule has 0 atom stereocenters. The molecular formula is C13H20N4O. The molecule has 0 radical (unpaired) electrons. The fourth-order valence-corrected chi connectivity index (χ4v) is 2.99. The smallest absolute Gasteiger partial charge is 0.226 e. The van der Waals surface area contributed by atoms with Gasteiger partial charge in [-0.25, -0.2) is 4.98 Å². The van der Waals surface area contributed by atoms with Crippen LogP contribution in [0.25, 0.3) is 0 Å². The minimum Gasteiger partial charge on any atom is -0.333 e. The lowest BCUT2D eigenvalue weighted by molar-refractivity contribution is -0.138. The highest BCUT2D eigenvalue weighted by Crippen LogP contribution is 2.26. The second-order valence-corrected chi connectivity index (χ2v) is 5.41. The molecular weight excluding hydrogens is 228 g/mol. The highest BCUT2D eigenvalue weighted by molar-refractivity contribution is 5.79. The van der Waals surface area contributed by atoms with E-state index in [2.05, 4.69) is 9.55 Å². The summed E-state index contributed by atoms with van der Waals surface area (Å²) < 4.78 is 2.13. The van der Waals surface area contributed by atoms with Gasteiger partial charge in [-0.05, 0) is 25.7 Å². The maximum absolute atomic E-state index is 12.4. The van der Waals surface area contributed by atoms with Crippen molar-refractivity contribution in [3.8, 4) is 0 Å². The summed E-state index contributed by atoms with van der Waals surface area (Å²) in [6.07, 6.45) is 7.66. The molecule has 2 heterocycles. The van der Waals surface area contributed by atoms with E-state index in [-0.39, 0.29) is 5.92 Å². The van der Waals surface area contributed by atoms with Crippen molar-refractivity contribution in [1.82, 2.24) is 14.5 Å². The molecule has 2 aliphatic rings. The minimum atomic E-state index is 0.186. The van der Waals surface area contributed by atoms with E-state index in [1.807, 2.05) is 17.3 Å². The van der Waals surface area contributed by atoms with Crippen LogP contribution in [0.1, 0.15) is 31.5 Å². The molecule has 0 bridgehead atoms. The summed E-state index contributed by atoms with van der Waals surface area (Å²) in [5.74, 6) is 1.49. The van der Waals surface area contributed by atoms with Gasteiger partial charge in [0, 0.05) is 37.4 Å². The van der Waals surface area contributed by atoms with E-state index in [1.54, 1.807) is 0 Å². The maximum atomic E-state index is 12.4. The van der Waals surface area contributed by atoms with Crippen molar-refractivity contribution in [1.29, 1.82) is 0 Å². The summed E-state index contributed by atoms with van der Waals surface area (Å²) >= 11 is 0. The second kappa shape index (κ2) is 4.72. The van der Waals surface area contributed by atoms with Crippen LogP contribution in [0.4, 0.5) is 0 Å². The molecule has 0 saturated heterocycles. The van der Waals surface area contributed by atoms with Crippen LogP contribution >= 0.6 is 0 Å². The number of carbonyl (C=O) groups excluding carboxylic acids is 1. The normalized spacial score (nSPS) is 27.9. The maximum Gasteiger partial charge on any atom is 0.226 e. The lowest BCUT2D eigenvalue weighted by Gasteiger charge is -2.33. The van der Waals surface area contributed by atoms with Crippen LogP contribution in [0.3, 0.4) is 0 Å². The van der Waals surface area contributed by atoms with Gasteiger partial charge < -0.3 is 15.2 Å². The molecule has 1 aromatic heterocycles. The number of hydrogen-bond donors (Lipinski definition) is 1. The van der Waals surface area contributed by atoms with Gasteiger partial charge in [0.2, 0.25) is 5.91 Å². The van der Waals surface area contributed by atoms with Gasteiger partial charge in [-0.15, -0.1) is 0 Å². The molecule has 0 aromatic carbocycles. The molecule has 18 heavy (non-hydrogen) atoms. The largest absolute Gasteiger partial charge is 0.333 e. The van der Waals surface area contributed by atoms with Gasteiger partial charge in [0.1, 0.15) is 5.82 Å². The average Bonchev–Trinajstić information content (AvgIpc) is 2.86. The van der Waals surface area contributed by atoms with Crippen molar-refractivity contribution >= 4 is 5.91 Å². The van der Waals surface area contributed by atoms with Gasteiger partial charge in [-0.1, -0.05) is 0 Å². The zero-order valence-electron chi connectivity index (χ0n) is 10.6. The van der Waals surface area contributed by atoms with Crippen molar-refractivity contribution < 1.29 is 4.79 Å². The Morgan fingerprint density at radius 3 is 2.83 bits per heavy atom. The Labute approximate surface area is 107 Å². The molecule has 1 amide bonds.